The fourth-order valence-corrected chi connectivity index (χ4v) is 3.60. The number of amides is 1. The van der Waals surface area contributed by atoms with Crippen LogP contribution in [0.4, 0.5) is 4.39 Å². The molecule has 1 aliphatic rings. The molecule has 6 heteroatoms. The number of hydrogen-bond acceptors (Lipinski definition) is 4. The van der Waals surface area contributed by atoms with E-state index in [9.17, 15) is 9.18 Å². The van der Waals surface area contributed by atoms with Gasteiger partial charge in [0.1, 0.15) is 5.82 Å². The highest BCUT2D eigenvalue weighted by atomic mass is 19.1. The van der Waals surface area contributed by atoms with Gasteiger partial charge in [-0.05, 0) is 44.0 Å². The lowest BCUT2D eigenvalue weighted by Gasteiger charge is -2.24. The molecular weight excluding hydrogens is 371 g/mol. The van der Waals surface area contributed by atoms with E-state index in [0.29, 0.717) is 41.4 Å². The average Bonchev–Trinajstić information content (AvgIpc) is 3.44. The molecule has 29 heavy (non-hydrogen) atoms. The lowest BCUT2D eigenvalue weighted by molar-refractivity contribution is 0.0539. The third kappa shape index (κ3) is 4.07. The molecule has 0 radical (unpaired) electrons. The molecule has 4 rings (SSSR count). The van der Waals surface area contributed by atoms with Crippen LogP contribution >= 0.6 is 0 Å². The number of carbonyl (C=O) groups is 1. The molecule has 1 atom stereocenters. The Labute approximate surface area is 169 Å². The number of rotatable bonds is 6. The van der Waals surface area contributed by atoms with Gasteiger partial charge in [0.05, 0.1) is 23.4 Å². The second-order valence-electron chi connectivity index (χ2n) is 7.03. The van der Waals surface area contributed by atoms with Gasteiger partial charge in [0, 0.05) is 25.3 Å². The van der Waals surface area contributed by atoms with Crippen molar-refractivity contribution in [2.75, 3.05) is 19.7 Å². The Morgan fingerprint density at radius 1 is 1.17 bits per heavy atom. The molecule has 3 aromatic rings. The molecule has 2 aromatic carbocycles. The fourth-order valence-electron chi connectivity index (χ4n) is 3.60. The number of oxazole rings is 1. The van der Waals surface area contributed by atoms with Crippen molar-refractivity contribution in [3.63, 3.8) is 0 Å². The average molecular weight is 394 g/mol. The first-order valence-electron chi connectivity index (χ1n) is 9.88. The SMILES string of the molecule is CCN(CC1CCCO1)C(=O)c1ccccc1-c1ncc(-c2ccccc2F)o1. The smallest absolute Gasteiger partial charge is 0.254 e. The summed E-state index contributed by atoms with van der Waals surface area (Å²) in [5, 5.41) is 0. The zero-order chi connectivity index (χ0) is 20.2. The zero-order valence-corrected chi connectivity index (χ0v) is 16.3. The molecule has 1 amide bonds. The molecule has 0 saturated carbocycles. The maximum absolute atomic E-state index is 14.1. The highest BCUT2D eigenvalue weighted by molar-refractivity contribution is 6.00. The number of ether oxygens (including phenoxy) is 1. The molecular formula is C23H23FN2O3. The van der Waals surface area contributed by atoms with Crippen molar-refractivity contribution in [3.05, 3.63) is 66.1 Å². The van der Waals surface area contributed by atoms with E-state index in [0.717, 1.165) is 19.4 Å². The normalized spacial score (nSPS) is 16.1. The molecule has 0 aliphatic carbocycles. The first-order chi connectivity index (χ1) is 14.2. The van der Waals surface area contributed by atoms with Crippen LogP contribution in [0.3, 0.4) is 0 Å². The number of carbonyl (C=O) groups excluding carboxylic acids is 1. The van der Waals surface area contributed by atoms with Gasteiger partial charge in [-0.15, -0.1) is 0 Å². The van der Waals surface area contributed by atoms with Gasteiger partial charge in [-0.1, -0.05) is 24.3 Å². The standard InChI is InChI=1S/C23H23FN2O3/c1-2-26(15-16-8-7-13-28-16)23(27)18-10-4-3-9-17(18)22-25-14-21(29-22)19-11-5-6-12-20(19)24/h3-6,9-12,14,16H,2,7-8,13,15H2,1H3. The lowest BCUT2D eigenvalue weighted by atomic mass is 10.1. The van der Waals surface area contributed by atoms with Crippen LogP contribution in [0, 0.1) is 5.82 Å². The summed E-state index contributed by atoms with van der Waals surface area (Å²) in [6.07, 6.45) is 3.57. The Hall–Kier alpha value is -2.99. The van der Waals surface area contributed by atoms with E-state index in [1.165, 1.54) is 12.3 Å². The predicted molar refractivity (Wildman–Crippen MR) is 108 cm³/mol. The summed E-state index contributed by atoms with van der Waals surface area (Å²) in [6.45, 7) is 3.86. The first-order valence-corrected chi connectivity index (χ1v) is 9.88. The van der Waals surface area contributed by atoms with Gasteiger partial charge < -0.3 is 14.1 Å². The Morgan fingerprint density at radius 2 is 1.93 bits per heavy atom. The second kappa shape index (κ2) is 8.57. The van der Waals surface area contributed by atoms with Crippen molar-refractivity contribution < 1.29 is 18.3 Å². The van der Waals surface area contributed by atoms with Crippen molar-refractivity contribution in [1.82, 2.24) is 9.88 Å². The van der Waals surface area contributed by atoms with E-state index >= 15 is 0 Å². The van der Waals surface area contributed by atoms with E-state index in [1.807, 2.05) is 19.1 Å². The molecule has 1 aliphatic heterocycles. The molecule has 150 valence electrons. The van der Waals surface area contributed by atoms with Gasteiger partial charge >= 0.3 is 0 Å². The molecule has 1 saturated heterocycles. The van der Waals surface area contributed by atoms with E-state index in [2.05, 4.69) is 4.98 Å². The number of hydrogen-bond donors (Lipinski definition) is 0. The third-order valence-electron chi connectivity index (χ3n) is 5.15. The van der Waals surface area contributed by atoms with Crippen molar-refractivity contribution in [2.24, 2.45) is 0 Å². The van der Waals surface area contributed by atoms with Gasteiger partial charge in [0.2, 0.25) is 5.89 Å². The third-order valence-corrected chi connectivity index (χ3v) is 5.15. The van der Waals surface area contributed by atoms with E-state index in [-0.39, 0.29) is 17.8 Å². The molecule has 0 spiro atoms. The summed E-state index contributed by atoms with van der Waals surface area (Å²) in [7, 11) is 0. The summed E-state index contributed by atoms with van der Waals surface area (Å²) in [5.74, 6) is 0.143. The Bertz CT molecular complexity index is 995. The summed E-state index contributed by atoms with van der Waals surface area (Å²) in [5.41, 5.74) is 1.43. The topological polar surface area (TPSA) is 55.6 Å². The fraction of sp³-hybridized carbons (Fsp3) is 0.304. The highest BCUT2D eigenvalue weighted by Gasteiger charge is 2.25. The van der Waals surface area contributed by atoms with E-state index in [4.69, 9.17) is 9.15 Å². The summed E-state index contributed by atoms with van der Waals surface area (Å²) < 4.78 is 25.6. The van der Waals surface area contributed by atoms with Crippen LogP contribution in [0.1, 0.15) is 30.1 Å². The van der Waals surface area contributed by atoms with E-state index < -0.39 is 0 Å². The Morgan fingerprint density at radius 3 is 2.66 bits per heavy atom. The minimum atomic E-state index is -0.381. The maximum Gasteiger partial charge on any atom is 0.254 e. The van der Waals surface area contributed by atoms with Crippen LogP contribution in [0.25, 0.3) is 22.8 Å². The molecule has 2 heterocycles. The number of halogens is 1. The summed E-state index contributed by atoms with van der Waals surface area (Å²) >= 11 is 0. The Balaban J connectivity index is 1.63. The van der Waals surface area contributed by atoms with Gasteiger partial charge in [-0.25, -0.2) is 9.37 Å². The monoisotopic (exact) mass is 394 g/mol. The van der Waals surface area contributed by atoms with Crippen molar-refractivity contribution >= 4 is 5.91 Å². The minimum absolute atomic E-state index is 0.0838. The molecule has 0 bridgehead atoms. The van der Waals surface area contributed by atoms with Gasteiger partial charge in [0.25, 0.3) is 5.91 Å². The summed E-state index contributed by atoms with van der Waals surface area (Å²) in [6, 6.07) is 13.6. The summed E-state index contributed by atoms with van der Waals surface area (Å²) in [4.78, 5) is 19.3. The van der Waals surface area contributed by atoms with Crippen LogP contribution in [0.15, 0.2) is 59.1 Å². The lowest BCUT2D eigenvalue weighted by Crippen LogP contribution is -2.37. The maximum atomic E-state index is 14.1. The molecule has 1 fully saturated rings. The number of likely N-dealkylation sites (N-methyl/N-ethyl adjacent to an activating group) is 1. The van der Waals surface area contributed by atoms with Crippen LogP contribution in [0.2, 0.25) is 0 Å². The second-order valence-corrected chi connectivity index (χ2v) is 7.03. The van der Waals surface area contributed by atoms with Crippen LogP contribution in [0.5, 0.6) is 0 Å². The number of nitrogens with zero attached hydrogens (tertiary/aromatic N) is 2. The number of benzene rings is 2. The van der Waals surface area contributed by atoms with Crippen LogP contribution in [-0.4, -0.2) is 41.6 Å². The van der Waals surface area contributed by atoms with Crippen LogP contribution in [-0.2, 0) is 4.74 Å². The van der Waals surface area contributed by atoms with Gasteiger partial charge in [-0.2, -0.15) is 0 Å². The molecule has 0 N–H and O–H groups in total. The zero-order valence-electron chi connectivity index (χ0n) is 16.3. The Kier molecular flexibility index (Phi) is 5.71. The molecule has 5 nitrogen and oxygen atoms in total. The first kappa shape index (κ1) is 19.3. The minimum Gasteiger partial charge on any atom is -0.436 e. The van der Waals surface area contributed by atoms with Crippen LogP contribution < -0.4 is 0 Å². The molecule has 1 aromatic heterocycles. The van der Waals surface area contributed by atoms with Crippen molar-refractivity contribution in [2.45, 2.75) is 25.9 Å². The quantitative estimate of drug-likeness (QED) is 0.603. The van der Waals surface area contributed by atoms with Gasteiger partial charge in [-0.3, -0.25) is 4.79 Å². The van der Waals surface area contributed by atoms with Gasteiger partial charge in [0.15, 0.2) is 5.76 Å². The van der Waals surface area contributed by atoms with Crippen molar-refractivity contribution in [3.8, 4) is 22.8 Å². The number of aromatic nitrogens is 1. The van der Waals surface area contributed by atoms with Crippen molar-refractivity contribution in [1.29, 1.82) is 0 Å². The van der Waals surface area contributed by atoms with E-state index in [1.54, 1.807) is 35.2 Å². The predicted octanol–water partition coefficient (Wildman–Crippen LogP) is 4.79. The largest absolute Gasteiger partial charge is 0.436 e. The molecule has 1 unspecified atom stereocenters. The highest BCUT2D eigenvalue weighted by Crippen LogP contribution is 2.30.